The lowest BCUT2D eigenvalue weighted by Crippen LogP contribution is -2.46. The summed E-state index contributed by atoms with van der Waals surface area (Å²) in [6, 6.07) is 5.78. The smallest absolute Gasteiger partial charge is 0.251 e. The van der Waals surface area contributed by atoms with E-state index in [0.717, 1.165) is 0 Å². The Hall–Kier alpha value is -2.37. The summed E-state index contributed by atoms with van der Waals surface area (Å²) in [5.74, 6) is 2.35. The summed E-state index contributed by atoms with van der Waals surface area (Å²) in [5.41, 5.74) is 0.266. The Balaban J connectivity index is 1.95. The van der Waals surface area contributed by atoms with E-state index in [1.165, 1.54) is 18.2 Å². The highest BCUT2D eigenvalue weighted by atomic mass is 32.2. The van der Waals surface area contributed by atoms with Crippen molar-refractivity contribution in [2.24, 2.45) is 5.92 Å². The van der Waals surface area contributed by atoms with E-state index in [0.29, 0.717) is 38.3 Å². The van der Waals surface area contributed by atoms with Crippen LogP contribution in [0.15, 0.2) is 29.2 Å². The maximum absolute atomic E-state index is 12.5. The van der Waals surface area contributed by atoms with Crippen molar-refractivity contribution in [1.29, 1.82) is 0 Å². The van der Waals surface area contributed by atoms with E-state index in [9.17, 15) is 18.0 Å². The standard InChI is InChI=1S/C20H27N3O4S/c1-4-10-21-28(26,27)18-7-5-6-16(14-18)20(25)22-17-8-11-23(12-9-17)19(24)13-15(2)3/h1,5-7,14-15,17,21H,8-13H2,2-3H3,(H,22,25). The van der Waals surface area contributed by atoms with Crippen molar-refractivity contribution in [1.82, 2.24) is 14.9 Å². The first-order chi connectivity index (χ1) is 13.2. The second-order valence-corrected chi connectivity index (χ2v) is 9.05. The molecule has 1 fully saturated rings. The zero-order valence-electron chi connectivity index (χ0n) is 16.3. The zero-order valence-corrected chi connectivity index (χ0v) is 17.1. The van der Waals surface area contributed by atoms with Gasteiger partial charge in [-0.3, -0.25) is 9.59 Å². The molecule has 2 amide bonds. The Morgan fingerprint density at radius 1 is 1.29 bits per heavy atom. The van der Waals surface area contributed by atoms with Crippen molar-refractivity contribution in [3.63, 3.8) is 0 Å². The van der Waals surface area contributed by atoms with Crippen molar-refractivity contribution in [3.8, 4) is 12.3 Å². The Bertz CT molecular complexity index is 850. The molecule has 2 rings (SSSR count). The Morgan fingerprint density at radius 3 is 2.57 bits per heavy atom. The summed E-state index contributed by atoms with van der Waals surface area (Å²) in [4.78, 5) is 26.5. The molecule has 0 unspecified atom stereocenters. The number of sulfonamides is 1. The van der Waals surface area contributed by atoms with E-state index in [2.05, 4.69) is 16.0 Å². The lowest BCUT2D eigenvalue weighted by atomic mass is 10.0. The van der Waals surface area contributed by atoms with Crippen LogP contribution >= 0.6 is 0 Å². The molecule has 0 radical (unpaired) electrons. The van der Waals surface area contributed by atoms with Crippen LogP contribution in [0.5, 0.6) is 0 Å². The number of hydrogen-bond donors (Lipinski definition) is 2. The van der Waals surface area contributed by atoms with E-state index in [4.69, 9.17) is 6.42 Å². The molecule has 8 heteroatoms. The fraction of sp³-hybridized carbons (Fsp3) is 0.500. The largest absolute Gasteiger partial charge is 0.349 e. The van der Waals surface area contributed by atoms with E-state index in [-0.39, 0.29) is 34.9 Å². The second-order valence-electron chi connectivity index (χ2n) is 7.28. The van der Waals surface area contributed by atoms with Crippen LogP contribution in [0.25, 0.3) is 0 Å². The van der Waals surface area contributed by atoms with Gasteiger partial charge >= 0.3 is 0 Å². The first kappa shape index (κ1) is 21.9. The highest BCUT2D eigenvalue weighted by Gasteiger charge is 2.25. The van der Waals surface area contributed by atoms with Crippen LogP contribution in [-0.2, 0) is 14.8 Å². The number of amides is 2. The lowest BCUT2D eigenvalue weighted by Gasteiger charge is -2.33. The molecule has 0 bridgehead atoms. The summed E-state index contributed by atoms with van der Waals surface area (Å²) in [6.45, 7) is 5.14. The van der Waals surface area contributed by atoms with Crippen LogP contribution in [-0.4, -0.2) is 50.8 Å². The molecule has 2 N–H and O–H groups in total. The van der Waals surface area contributed by atoms with E-state index in [1.54, 1.807) is 6.07 Å². The number of benzene rings is 1. The monoisotopic (exact) mass is 405 g/mol. The van der Waals surface area contributed by atoms with Gasteiger partial charge in [0.25, 0.3) is 5.91 Å². The van der Waals surface area contributed by atoms with Crippen LogP contribution < -0.4 is 10.0 Å². The van der Waals surface area contributed by atoms with E-state index < -0.39 is 10.0 Å². The first-order valence-corrected chi connectivity index (χ1v) is 10.8. The van der Waals surface area contributed by atoms with Gasteiger partial charge in [0.15, 0.2) is 0 Å². The fourth-order valence-corrected chi connectivity index (χ4v) is 4.02. The molecule has 1 saturated heterocycles. The molecule has 0 saturated carbocycles. The number of nitrogens with zero attached hydrogens (tertiary/aromatic N) is 1. The number of carbonyl (C=O) groups is 2. The zero-order chi connectivity index (χ0) is 20.7. The molecule has 7 nitrogen and oxygen atoms in total. The van der Waals surface area contributed by atoms with Crippen molar-refractivity contribution in [3.05, 3.63) is 29.8 Å². The van der Waals surface area contributed by atoms with Crippen LogP contribution in [0, 0.1) is 18.3 Å². The molecule has 0 aromatic heterocycles. The topological polar surface area (TPSA) is 95.6 Å². The van der Waals surface area contributed by atoms with Crippen molar-refractivity contribution < 1.29 is 18.0 Å². The Morgan fingerprint density at radius 2 is 1.96 bits per heavy atom. The maximum Gasteiger partial charge on any atom is 0.251 e. The fourth-order valence-electron chi connectivity index (χ4n) is 3.04. The van der Waals surface area contributed by atoms with Gasteiger partial charge in [-0.05, 0) is 37.0 Å². The maximum atomic E-state index is 12.5. The number of likely N-dealkylation sites (tertiary alicyclic amines) is 1. The lowest BCUT2D eigenvalue weighted by molar-refractivity contribution is -0.133. The minimum Gasteiger partial charge on any atom is -0.349 e. The van der Waals surface area contributed by atoms with Gasteiger partial charge in [-0.2, -0.15) is 4.72 Å². The molecule has 0 aliphatic carbocycles. The average Bonchev–Trinajstić information content (AvgIpc) is 2.66. The minimum atomic E-state index is -3.76. The number of terminal acetylenes is 1. The molecule has 1 aromatic carbocycles. The summed E-state index contributed by atoms with van der Waals surface area (Å²) in [6.07, 6.45) is 6.97. The molecular formula is C20H27N3O4S. The minimum absolute atomic E-state index is 0.00972. The molecule has 152 valence electrons. The van der Waals surface area contributed by atoms with Crippen molar-refractivity contribution >= 4 is 21.8 Å². The molecule has 0 spiro atoms. The highest BCUT2D eigenvalue weighted by Crippen LogP contribution is 2.16. The number of rotatable bonds is 7. The average molecular weight is 406 g/mol. The summed E-state index contributed by atoms with van der Waals surface area (Å²) in [7, 11) is -3.76. The molecular weight excluding hydrogens is 378 g/mol. The number of carbonyl (C=O) groups excluding carboxylic acids is 2. The predicted octanol–water partition coefficient (Wildman–Crippen LogP) is 1.36. The van der Waals surface area contributed by atoms with Crippen LogP contribution in [0.3, 0.4) is 0 Å². The number of piperidine rings is 1. The molecule has 1 aliphatic rings. The third-order valence-corrected chi connectivity index (χ3v) is 5.94. The molecule has 1 heterocycles. The van der Waals surface area contributed by atoms with Crippen LogP contribution in [0.1, 0.15) is 43.5 Å². The van der Waals surface area contributed by atoms with Crippen LogP contribution in [0.4, 0.5) is 0 Å². The van der Waals surface area contributed by atoms with Gasteiger partial charge < -0.3 is 10.2 Å². The van der Waals surface area contributed by atoms with E-state index >= 15 is 0 Å². The van der Waals surface area contributed by atoms with Gasteiger partial charge in [-0.15, -0.1) is 6.42 Å². The summed E-state index contributed by atoms with van der Waals surface area (Å²) in [5, 5.41) is 2.93. The Kier molecular flexibility index (Phi) is 7.61. The third kappa shape index (κ3) is 6.08. The third-order valence-electron chi connectivity index (χ3n) is 4.54. The molecule has 1 aromatic rings. The number of nitrogens with one attached hydrogen (secondary N) is 2. The van der Waals surface area contributed by atoms with Gasteiger partial charge in [0, 0.05) is 31.1 Å². The second kappa shape index (κ2) is 9.71. The normalized spacial score (nSPS) is 15.3. The number of hydrogen-bond acceptors (Lipinski definition) is 4. The SMILES string of the molecule is C#CCNS(=O)(=O)c1cccc(C(=O)NC2CCN(C(=O)CC(C)C)CC2)c1. The molecule has 1 aliphatic heterocycles. The highest BCUT2D eigenvalue weighted by molar-refractivity contribution is 7.89. The first-order valence-electron chi connectivity index (χ1n) is 9.34. The predicted molar refractivity (Wildman–Crippen MR) is 107 cm³/mol. The van der Waals surface area contributed by atoms with Crippen molar-refractivity contribution in [2.45, 2.75) is 44.0 Å². The quantitative estimate of drug-likeness (QED) is 0.670. The molecule has 28 heavy (non-hydrogen) atoms. The summed E-state index contributed by atoms with van der Waals surface area (Å²) >= 11 is 0. The van der Waals surface area contributed by atoms with Gasteiger partial charge in [0.2, 0.25) is 15.9 Å². The summed E-state index contributed by atoms with van der Waals surface area (Å²) < 4.78 is 26.6. The van der Waals surface area contributed by atoms with Gasteiger partial charge in [-0.25, -0.2) is 8.42 Å². The van der Waals surface area contributed by atoms with Gasteiger partial charge in [0.1, 0.15) is 0 Å². The Labute approximate surface area is 166 Å². The van der Waals surface area contributed by atoms with Crippen molar-refractivity contribution in [2.75, 3.05) is 19.6 Å². The van der Waals surface area contributed by atoms with Crippen LogP contribution in [0.2, 0.25) is 0 Å². The van der Waals surface area contributed by atoms with Gasteiger partial charge in [-0.1, -0.05) is 25.8 Å². The molecule has 0 atom stereocenters. The van der Waals surface area contributed by atoms with Gasteiger partial charge in [0.05, 0.1) is 11.4 Å². The van der Waals surface area contributed by atoms with E-state index in [1.807, 2.05) is 18.7 Å².